The van der Waals surface area contributed by atoms with Gasteiger partial charge in [0.25, 0.3) is 0 Å². The van der Waals surface area contributed by atoms with Gasteiger partial charge in [0.05, 0.1) is 13.2 Å². The Balaban J connectivity index is 1.32. The zero-order valence-electron chi connectivity index (χ0n) is 14.1. The standard InChI is InChI=1S/C18H26N4O2/c23-17(15-12-18(15)2-5-19-6-3-18)21-13-14-1-4-20-16(11-14)22-7-9-24-10-8-22/h1,4,11,15,19H,2-3,5-10,12-13H2,(H,21,23). The van der Waals surface area contributed by atoms with Crippen molar-refractivity contribution in [3.63, 3.8) is 0 Å². The Morgan fingerprint density at radius 2 is 2.17 bits per heavy atom. The molecule has 1 unspecified atom stereocenters. The van der Waals surface area contributed by atoms with Gasteiger partial charge >= 0.3 is 0 Å². The van der Waals surface area contributed by atoms with Crippen LogP contribution in [0, 0.1) is 11.3 Å². The first-order valence-electron chi connectivity index (χ1n) is 9.03. The second-order valence-electron chi connectivity index (χ2n) is 7.21. The van der Waals surface area contributed by atoms with E-state index in [1.165, 1.54) is 0 Å². The van der Waals surface area contributed by atoms with Crippen molar-refractivity contribution in [3.8, 4) is 0 Å². The van der Waals surface area contributed by atoms with Crippen LogP contribution in [0.2, 0.25) is 0 Å². The van der Waals surface area contributed by atoms with Gasteiger partial charge < -0.3 is 20.3 Å². The number of rotatable bonds is 4. The fourth-order valence-electron chi connectivity index (χ4n) is 4.04. The number of piperidine rings is 1. The van der Waals surface area contributed by atoms with Gasteiger partial charge in [0.1, 0.15) is 5.82 Å². The van der Waals surface area contributed by atoms with E-state index < -0.39 is 0 Å². The Kier molecular flexibility index (Phi) is 4.41. The van der Waals surface area contributed by atoms with Gasteiger partial charge in [0, 0.05) is 31.7 Å². The molecule has 1 atom stereocenters. The molecule has 2 N–H and O–H groups in total. The number of nitrogens with zero attached hydrogens (tertiary/aromatic N) is 2. The van der Waals surface area contributed by atoms with Crippen LogP contribution < -0.4 is 15.5 Å². The Bertz CT molecular complexity index is 594. The van der Waals surface area contributed by atoms with E-state index in [0.29, 0.717) is 12.0 Å². The Morgan fingerprint density at radius 1 is 1.38 bits per heavy atom. The molecule has 0 radical (unpaired) electrons. The number of pyridine rings is 1. The summed E-state index contributed by atoms with van der Waals surface area (Å²) in [4.78, 5) is 19.2. The van der Waals surface area contributed by atoms with Crippen LogP contribution in [-0.4, -0.2) is 50.3 Å². The lowest BCUT2D eigenvalue weighted by Crippen LogP contribution is -2.36. The first-order valence-corrected chi connectivity index (χ1v) is 9.03. The molecule has 6 nitrogen and oxygen atoms in total. The van der Waals surface area contributed by atoms with Gasteiger partial charge in [-0.05, 0) is 55.5 Å². The quantitative estimate of drug-likeness (QED) is 0.859. The van der Waals surface area contributed by atoms with Crippen molar-refractivity contribution in [1.29, 1.82) is 0 Å². The van der Waals surface area contributed by atoms with Gasteiger partial charge in [-0.2, -0.15) is 0 Å². The molecule has 2 saturated heterocycles. The van der Waals surface area contributed by atoms with Crippen LogP contribution in [0.25, 0.3) is 0 Å². The van der Waals surface area contributed by atoms with Crippen molar-refractivity contribution in [2.75, 3.05) is 44.3 Å². The zero-order valence-corrected chi connectivity index (χ0v) is 14.1. The highest BCUT2D eigenvalue weighted by Crippen LogP contribution is 2.58. The van der Waals surface area contributed by atoms with E-state index in [4.69, 9.17) is 4.74 Å². The van der Waals surface area contributed by atoms with Crippen LogP contribution >= 0.6 is 0 Å². The molecule has 0 bridgehead atoms. The van der Waals surface area contributed by atoms with Gasteiger partial charge in [-0.3, -0.25) is 4.79 Å². The lowest BCUT2D eigenvalue weighted by atomic mass is 9.92. The van der Waals surface area contributed by atoms with Crippen LogP contribution in [0.5, 0.6) is 0 Å². The Labute approximate surface area is 143 Å². The van der Waals surface area contributed by atoms with E-state index in [0.717, 1.165) is 70.0 Å². The maximum Gasteiger partial charge on any atom is 0.223 e. The van der Waals surface area contributed by atoms with Gasteiger partial charge in [-0.15, -0.1) is 0 Å². The van der Waals surface area contributed by atoms with Gasteiger partial charge in [-0.1, -0.05) is 0 Å². The van der Waals surface area contributed by atoms with E-state index >= 15 is 0 Å². The predicted molar refractivity (Wildman–Crippen MR) is 91.8 cm³/mol. The molecule has 1 saturated carbocycles. The summed E-state index contributed by atoms with van der Waals surface area (Å²) in [5.74, 6) is 1.42. The van der Waals surface area contributed by atoms with E-state index in [2.05, 4.69) is 26.6 Å². The van der Waals surface area contributed by atoms with E-state index in [-0.39, 0.29) is 11.8 Å². The molecule has 1 spiro atoms. The van der Waals surface area contributed by atoms with Crippen molar-refractivity contribution in [3.05, 3.63) is 23.9 Å². The van der Waals surface area contributed by atoms with Crippen LogP contribution in [0.15, 0.2) is 18.3 Å². The van der Waals surface area contributed by atoms with Crippen LogP contribution in [0.4, 0.5) is 5.82 Å². The smallest absolute Gasteiger partial charge is 0.223 e. The second-order valence-corrected chi connectivity index (χ2v) is 7.21. The summed E-state index contributed by atoms with van der Waals surface area (Å²) in [6, 6.07) is 4.07. The van der Waals surface area contributed by atoms with Crippen molar-refractivity contribution in [1.82, 2.24) is 15.6 Å². The number of hydrogen-bond donors (Lipinski definition) is 2. The number of carbonyl (C=O) groups is 1. The largest absolute Gasteiger partial charge is 0.378 e. The van der Waals surface area contributed by atoms with Crippen LogP contribution in [0.3, 0.4) is 0 Å². The number of morpholine rings is 1. The van der Waals surface area contributed by atoms with E-state index in [1.54, 1.807) is 0 Å². The van der Waals surface area contributed by atoms with Crippen LogP contribution in [0.1, 0.15) is 24.8 Å². The van der Waals surface area contributed by atoms with Crippen molar-refractivity contribution >= 4 is 11.7 Å². The number of carbonyl (C=O) groups excluding carboxylic acids is 1. The zero-order chi connectivity index (χ0) is 16.4. The van der Waals surface area contributed by atoms with E-state index in [9.17, 15) is 4.79 Å². The molecule has 3 fully saturated rings. The van der Waals surface area contributed by atoms with E-state index in [1.807, 2.05) is 12.3 Å². The molecule has 2 aliphatic heterocycles. The molecule has 24 heavy (non-hydrogen) atoms. The topological polar surface area (TPSA) is 66.5 Å². The minimum absolute atomic E-state index is 0.222. The van der Waals surface area contributed by atoms with Crippen molar-refractivity contribution in [2.24, 2.45) is 11.3 Å². The number of aromatic nitrogens is 1. The number of hydrogen-bond acceptors (Lipinski definition) is 5. The summed E-state index contributed by atoms with van der Waals surface area (Å²) in [5, 5.41) is 6.52. The molecule has 3 aliphatic rings. The van der Waals surface area contributed by atoms with Gasteiger partial charge in [0.2, 0.25) is 5.91 Å². The molecule has 1 amide bonds. The third-order valence-electron chi connectivity index (χ3n) is 5.72. The molecule has 1 aliphatic carbocycles. The molecular formula is C18H26N4O2. The highest BCUT2D eigenvalue weighted by atomic mass is 16.5. The minimum Gasteiger partial charge on any atom is -0.378 e. The molecule has 1 aromatic rings. The minimum atomic E-state index is 0.222. The summed E-state index contributed by atoms with van der Waals surface area (Å²) in [6.45, 7) is 5.95. The van der Waals surface area contributed by atoms with Gasteiger partial charge in [-0.25, -0.2) is 4.98 Å². The highest BCUT2D eigenvalue weighted by molar-refractivity contribution is 5.82. The third kappa shape index (κ3) is 3.26. The number of ether oxygens (including phenoxy) is 1. The summed E-state index contributed by atoms with van der Waals surface area (Å²) in [6.07, 6.45) is 5.18. The fraction of sp³-hybridized carbons (Fsp3) is 0.667. The Hall–Kier alpha value is -1.66. The molecule has 1 aromatic heterocycles. The maximum absolute atomic E-state index is 12.5. The highest BCUT2D eigenvalue weighted by Gasteiger charge is 2.57. The Morgan fingerprint density at radius 3 is 2.96 bits per heavy atom. The SMILES string of the molecule is O=C(NCc1ccnc(N2CCOCC2)c1)C1CC12CCNCC2. The monoisotopic (exact) mass is 330 g/mol. The average Bonchev–Trinajstić information content (AvgIpc) is 3.34. The first-order chi connectivity index (χ1) is 11.8. The number of amides is 1. The van der Waals surface area contributed by atoms with Crippen LogP contribution in [-0.2, 0) is 16.1 Å². The molecule has 3 heterocycles. The maximum atomic E-state index is 12.5. The molecule has 4 rings (SSSR count). The number of nitrogens with one attached hydrogen (secondary N) is 2. The average molecular weight is 330 g/mol. The molecular weight excluding hydrogens is 304 g/mol. The first kappa shape index (κ1) is 15.8. The fourth-order valence-corrected chi connectivity index (χ4v) is 4.04. The number of anilines is 1. The molecule has 0 aromatic carbocycles. The lowest BCUT2D eigenvalue weighted by molar-refractivity contribution is -0.123. The summed E-state index contributed by atoms with van der Waals surface area (Å²) in [7, 11) is 0. The lowest BCUT2D eigenvalue weighted by Gasteiger charge is -2.28. The van der Waals surface area contributed by atoms with Crippen molar-refractivity contribution < 1.29 is 9.53 Å². The normalized spacial score (nSPS) is 25.5. The second kappa shape index (κ2) is 6.69. The molecule has 6 heteroatoms. The summed E-state index contributed by atoms with van der Waals surface area (Å²) in [5.41, 5.74) is 1.41. The third-order valence-corrected chi connectivity index (χ3v) is 5.72. The summed E-state index contributed by atoms with van der Waals surface area (Å²) >= 11 is 0. The summed E-state index contributed by atoms with van der Waals surface area (Å²) < 4.78 is 5.39. The predicted octanol–water partition coefficient (Wildman–Crippen LogP) is 0.924. The van der Waals surface area contributed by atoms with Crippen molar-refractivity contribution in [2.45, 2.75) is 25.8 Å². The molecule has 130 valence electrons. The van der Waals surface area contributed by atoms with Gasteiger partial charge in [0.15, 0.2) is 0 Å².